The van der Waals surface area contributed by atoms with Gasteiger partial charge in [-0.2, -0.15) is 0 Å². The fourth-order valence-corrected chi connectivity index (χ4v) is 2.04. The van der Waals surface area contributed by atoms with Gasteiger partial charge < -0.3 is 5.11 Å². The molecule has 1 unspecified atom stereocenters. The maximum Gasteiger partial charge on any atom is 0.123 e. The highest BCUT2D eigenvalue weighted by molar-refractivity contribution is 9.10. The average Bonchev–Trinajstić information content (AvgIpc) is 2.35. The summed E-state index contributed by atoms with van der Waals surface area (Å²) in [7, 11) is 0. The zero-order valence-electron chi connectivity index (χ0n) is 9.90. The molecule has 0 aliphatic rings. The van der Waals surface area contributed by atoms with Crippen LogP contribution in [0.5, 0.6) is 0 Å². The highest BCUT2D eigenvalue weighted by Gasteiger charge is 2.12. The van der Waals surface area contributed by atoms with Crippen molar-refractivity contribution in [2.24, 2.45) is 0 Å². The van der Waals surface area contributed by atoms with E-state index >= 15 is 0 Å². The molecule has 1 N–H and O–H groups in total. The summed E-state index contributed by atoms with van der Waals surface area (Å²) in [5, 5.41) is 10.1. The lowest BCUT2D eigenvalue weighted by Gasteiger charge is -2.13. The lowest BCUT2D eigenvalue weighted by molar-refractivity contribution is 0.176. The van der Waals surface area contributed by atoms with Crippen LogP contribution in [0.1, 0.15) is 22.9 Å². The average molecular weight is 310 g/mol. The lowest BCUT2D eigenvalue weighted by Crippen LogP contribution is -2.05. The molecule has 4 heteroatoms. The number of aryl methyl sites for hydroxylation is 1. The van der Waals surface area contributed by atoms with E-state index in [1.54, 1.807) is 12.3 Å². The standard InChI is InChI=1S/C14H13BrFNO/c1-9-2-4-11(16)6-13(9)14(18)7-12-5-3-10(15)8-17-12/h2-6,8,14,18H,7H2,1H3. The van der Waals surface area contributed by atoms with Crippen LogP contribution in [0.25, 0.3) is 0 Å². The molecule has 0 fully saturated rings. The van der Waals surface area contributed by atoms with Crippen molar-refractivity contribution in [2.45, 2.75) is 19.4 Å². The Balaban J connectivity index is 2.18. The van der Waals surface area contributed by atoms with Crippen LogP contribution in [-0.2, 0) is 6.42 Å². The first-order chi connectivity index (χ1) is 8.56. The first kappa shape index (κ1) is 13.2. The first-order valence-corrected chi connectivity index (χ1v) is 6.40. The zero-order chi connectivity index (χ0) is 13.1. The predicted molar refractivity (Wildman–Crippen MR) is 71.7 cm³/mol. The van der Waals surface area contributed by atoms with Crippen molar-refractivity contribution in [1.29, 1.82) is 0 Å². The molecule has 0 aliphatic carbocycles. The van der Waals surface area contributed by atoms with E-state index in [4.69, 9.17) is 0 Å². The van der Waals surface area contributed by atoms with E-state index in [1.807, 2.05) is 19.1 Å². The number of aliphatic hydroxyl groups excluding tert-OH is 1. The zero-order valence-corrected chi connectivity index (χ0v) is 11.5. The van der Waals surface area contributed by atoms with E-state index in [-0.39, 0.29) is 5.82 Å². The minimum absolute atomic E-state index is 0.335. The van der Waals surface area contributed by atoms with Crippen LogP contribution in [0.2, 0.25) is 0 Å². The maximum absolute atomic E-state index is 13.2. The fraction of sp³-hybridized carbons (Fsp3) is 0.214. The number of halogens is 2. The van der Waals surface area contributed by atoms with Gasteiger partial charge >= 0.3 is 0 Å². The number of benzene rings is 1. The van der Waals surface area contributed by atoms with Gasteiger partial charge in [0.2, 0.25) is 0 Å². The Morgan fingerprint density at radius 1 is 1.33 bits per heavy atom. The van der Waals surface area contributed by atoms with E-state index in [1.165, 1.54) is 12.1 Å². The molecule has 0 saturated heterocycles. The summed E-state index contributed by atoms with van der Waals surface area (Å²) < 4.78 is 14.1. The maximum atomic E-state index is 13.2. The summed E-state index contributed by atoms with van der Waals surface area (Å²) in [4.78, 5) is 4.20. The molecule has 0 aliphatic heterocycles. The van der Waals surface area contributed by atoms with Crippen LogP contribution in [0.15, 0.2) is 41.0 Å². The van der Waals surface area contributed by atoms with Gasteiger partial charge in [-0.15, -0.1) is 0 Å². The normalized spacial score (nSPS) is 12.4. The van der Waals surface area contributed by atoms with Crippen LogP contribution in [0.3, 0.4) is 0 Å². The van der Waals surface area contributed by atoms with Crippen molar-refractivity contribution in [2.75, 3.05) is 0 Å². The van der Waals surface area contributed by atoms with E-state index in [0.29, 0.717) is 12.0 Å². The quantitative estimate of drug-likeness (QED) is 0.940. The lowest BCUT2D eigenvalue weighted by atomic mass is 9.99. The molecular weight excluding hydrogens is 297 g/mol. The topological polar surface area (TPSA) is 33.1 Å². The van der Waals surface area contributed by atoms with Gasteiger partial charge in [-0.25, -0.2) is 4.39 Å². The number of aromatic nitrogens is 1. The summed E-state index contributed by atoms with van der Waals surface area (Å²) in [6, 6.07) is 8.14. The third kappa shape index (κ3) is 3.15. The Kier molecular flexibility index (Phi) is 4.09. The molecule has 0 spiro atoms. The second-order valence-corrected chi connectivity index (χ2v) is 5.10. The molecule has 1 aromatic heterocycles. The summed E-state index contributed by atoms with van der Waals surface area (Å²) in [6.07, 6.45) is 1.31. The third-order valence-electron chi connectivity index (χ3n) is 2.79. The molecule has 0 saturated carbocycles. The second-order valence-electron chi connectivity index (χ2n) is 4.19. The first-order valence-electron chi connectivity index (χ1n) is 5.61. The van der Waals surface area contributed by atoms with Gasteiger partial charge in [-0.1, -0.05) is 6.07 Å². The van der Waals surface area contributed by atoms with Gasteiger partial charge in [0.15, 0.2) is 0 Å². The third-order valence-corrected chi connectivity index (χ3v) is 3.26. The molecule has 2 rings (SSSR count). The highest BCUT2D eigenvalue weighted by atomic mass is 79.9. The Labute approximate surface area is 114 Å². The van der Waals surface area contributed by atoms with Crippen molar-refractivity contribution < 1.29 is 9.50 Å². The number of nitrogens with zero attached hydrogens (tertiary/aromatic N) is 1. The van der Waals surface area contributed by atoms with Crippen LogP contribution in [-0.4, -0.2) is 10.1 Å². The largest absolute Gasteiger partial charge is 0.388 e. The van der Waals surface area contributed by atoms with Crippen molar-refractivity contribution in [3.05, 3.63) is 63.6 Å². The number of rotatable bonds is 3. The Morgan fingerprint density at radius 2 is 2.11 bits per heavy atom. The van der Waals surface area contributed by atoms with Gasteiger partial charge in [0.05, 0.1) is 6.10 Å². The smallest absolute Gasteiger partial charge is 0.123 e. The summed E-state index contributed by atoms with van der Waals surface area (Å²) >= 11 is 3.30. The molecule has 0 bridgehead atoms. The Bertz CT molecular complexity index is 542. The minimum atomic E-state index is -0.741. The molecule has 1 aromatic carbocycles. The van der Waals surface area contributed by atoms with Gasteiger partial charge in [-0.05, 0) is 58.2 Å². The van der Waals surface area contributed by atoms with Crippen molar-refractivity contribution in [3.63, 3.8) is 0 Å². The van der Waals surface area contributed by atoms with Crippen molar-refractivity contribution in [1.82, 2.24) is 4.98 Å². The van der Waals surface area contributed by atoms with Crippen LogP contribution in [0, 0.1) is 12.7 Å². The van der Waals surface area contributed by atoms with E-state index in [0.717, 1.165) is 15.7 Å². The molecule has 2 aromatic rings. The summed E-state index contributed by atoms with van der Waals surface area (Å²) in [5.41, 5.74) is 2.26. The van der Waals surface area contributed by atoms with Gasteiger partial charge in [0.1, 0.15) is 5.82 Å². The molecule has 1 atom stereocenters. The van der Waals surface area contributed by atoms with Gasteiger partial charge in [0, 0.05) is 22.8 Å². The van der Waals surface area contributed by atoms with Crippen LogP contribution < -0.4 is 0 Å². The van der Waals surface area contributed by atoms with Gasteiger partial charge in [-0.3, -0.25) is 4.98 Å². The second kappa shape index (κ2) is 5.59. The number of aliphatic hydroxyl groups is 1. The Morgan fingerprint density at radius 3 is 2.78 bits per heavy atom. The minimum Gasteiger partial charge on any atom is -0.388 e. The van der Waals surface area contributed by atoms with Crippen molar-refractivity contribution in [3.8, 4) is 0 Å². The van der Waals surface area contributed by atoms with E-state index < -0.39 is 6.10 Å². The molecule has 1 heterocycles. The Hall–Kier alpha value is -1.26. The molecule has 94 valence electrons. The van der Waals surface area contributed by atoms with Crippen LogP contribution in [0.4, 0.5) is 4.39 Å². The highest BCUT2D eigenvalue weighted by Crippen LogP contribution is 2.22. The molecule has 0 radical (unpaired) electrons. The van der Waals surface area contributed by atoms with Crippen molar-refractivity contribution >= 4 is 15.9 Å². The monoisotopic (exact) mass is 309 g/mol. The number of hydrogen-bond donors (Lipinski definition) is 1. The van der Waals surface area contributed by atoms with Gasteiger partial charge in [0.25, 0.3) is 0 Å². The number of hydrogen-bond acceptors (Lipinski definition) is 2. The van der Waals surface area contributed by atoms with E-state index in [9.17, 15) is 9.50 Å². The molecule has 0 amide bonds. The summed E-state index contributed by atoms with van der Waals surface area (Å²) in [6.45, 7) is 1.85. The molecule has 2 nitrogen and oxygen atoms in total. The summed E-state index contributed by atoms with van der Waals surface area (Å²) in [5.74, 6) is -0.335. The SMILES string of the molecule is Cc1ccc(F)cc1C(O)Cc1ccc(Br)cn1. The molecule has 18 heavy (non-hydrogen) atoms. The molecular formula is C14H13BrFNO. The fourth-order valence-electron chi connectivity index (χ4n) is 1.81. The number of pyridine rings is 1. The van der Waals surface area contributed by atoms with Crippen LogP contribution >= 0.6 is 15.9 Å². The van der Waals surface area contributed by atoms with E-state index in [2.05, 4.69) is 20.9 Å². The predicted octanol–water partition coefficient (Wildman–Crippen LogP) is 3.57.